The summed E-state index contributed by atoms with van der Waals surface area (Å²) in [6, 6.07) is 21.5. The zero-order valence-electron chi connectivity index (χ0n) is 23.4. The smallest absolute Gasteiger partial charge is 0.120 e. The molecule has 0 aromatic heterocycles. The van der Waals surface area contributed by atoms with Gasteiger partial charge in [0.1, 0.15) is 23.9 Å². The van der Waals surface area contributed by atoms with Crippen LogP contribution in [0.15, 0.2) is 60.7 Å². The monoisotopic (exact) mass is 528 g/mol. The first-order chi connectivity index (χ1) is 19.2. The quantitative estimate of drug-likeness (QED) is 0.221. The molecule has 3 N–H and O–H groups in total. The highest BCUT2D eigenvalue weighted by molar-refractivity contribution is 5.57. The van der Waals surface area contributed by atoms with Gasteiger partial charge in [-0.3, -0.25) is 0 Å². The summed E-state index contributed by atoms with van der Waals surface area (Å²) >= 11 is 0. The topological polar surface area (TPSA) is 62.8 Å². The Morgan fingerprint density at radius 3 is 2.49 bits per heavy atom. The average Bonchev–Trinajstić information content (AvgIpc) is 2.98. The number of rotatable bonds is 12. The van der Waals surface area contributed by atoms with Crippen molar-refractivity contribution in [1.82, 2.24) is 5.32 Å². The van der Waals surface area contributed by atoms with E-state index in [4.69, 9.17) is 9.47 Å². The molecule has 0 radical (unpaired) electrons. The van der Waals surface area contributed by atoms with Gasteiger partial charge in [-0.15, -0.1) is 0 Å². The van der Waals surface area contributed by atoms with Crippen molar-refractivity contribution in [3.8, 4) is 17.2 Å². The van der Waals surface area contributed by atoms with Crippen LogP contribution >= 0.6 is 0 Å². The number of ether oxygens (including phenoxy) is 2. The van der Waals surface area contributed by atoms with E-state index in [-0.39, 0.29) is 0 Å². The van der Waals surface area contributed by atoms with Crippen molar-refractivity contribution >= 4 is 5.69 Å². The Hall–Kier alpha value is -3.18. The molecule has 1 atom stereocenters. The van der Waals surface area contributed by atoms with Crippen molar-refractivity contribution in [3.05, 3.63) is 82.9 Å². The van der Waals surface area contributed by atoms with E-state index >= 15 is 0 Å². The van der Waals surface area contributed by atoms with Crippen LogP contribution in [0.2, 0.25) is 0 Å². The van der Waals surface area contributed by atoms with Crippen LogP contribution in [0.3, 0.4) is 0 Å². The number of nitrogens with one attached hydrogen (secondary N) is 2. The SMILES string of the molecule is COc1ccc(C2CCc3cc(O)ccc3C2)c(NCCCc2ccc(OCCNC3CCCCC3)cc2)c1. The van der Waals surface area contributed by atoms with Gasteiger partial charge in [0.2, 0.25) is 0 Å². The van der Waals surface area contributed by atoms with Gasteiger partial charge in [0, 0.05) is 30.9 Å². The van der Waals surface area contributed by atoms with E-state index < -0.39 is 0 Å². The second-order valence-corrected chi connectivity index (χ2v) is 11.2. The average molecular weight is 529 g/mol. The first-order valence-electron chi connectivity index (χ1n) is 14.9. The molecule has 1 fully saturated rings. The van der Waals surface area contributed by atoms with E-state index in [9.17, 15) is 5.11 Å². The van der Waals surface area contributed by atoms with E-state index in [1.807, 2.05) is 12.1 Å². The van der Waals surface area contributed by atoms with Gasteiger partial charge in [0.25, 0.3) is 0 Å². The van der Waals surface area contributed by atoms with Gasteiger partial charge in [-0.1, -0.05) is 43.5 Å². The molecule has 0 spiro atoms. The van der Waals surface area contributed by atoms with Crippen LogP contribution in [0, 0.1) is 0 Å². The molecule has 1 unspecified atom stereocenters. The number of benzene rings is 3. The molecule has 208 valence electrons. The molecule has 0 saturated heterocycles. The summed E-state index contributed by atoms with van der Waals surface area (Å²) in [7, 11) is 1.72. The van der Waals surface area contributed by atoms with Gasteiger partial charge in [0.05, 0.1) is 7.11 Å². The third-order valence-corrected chi connectivity index (χ3v) is 8.41. The highest BCUT2D eigenvalue weighted by Gasteiger charge is 2.23. The van der Waals surface area contributed by atoms with Crippen LogP contribution in [0.5, 0.6) is 17.2 Å². The number of hydrogen-bond donors (Lipinski definition) is 3. The Morgan fingerprint density at radius 2 is 1.67 bits per heavy atom. The second kappa shape index (κ2) is 13.7. The molecule has 5 rings (SSSR count). The fourth-order valence-corrected chi connectivity index (χ4v) is 6.18. The Balaban J connectivity index is 1.09. The van der Waals surface area contributed by atoms with Gasteiger partial charge in [-0.05, 0) is 103 Å². The summed E-state index contributed by atoms with van der Waals surface area (Å²) in [5.41, 5.74) is 6.49. The number of phenolic OH excluding ortho intramolecular Hbond substituents is 1. The maximum atomic E-state index is 9.84. The van der Waals surface area contributed by atoms with Gasteiger partial charge in [-0.25, -0.2) is 0 Å². The summed E-state index contributed by atoms with van der Waals surface area (Å²) in [4.78, 5) is 0. The molecule has 2 aliphatic carbocycles. The normalized spacial score (nSPS) is 17.4. The maximum absolute atomic E-state index is 9.84. The summed E-state index contributed by atoms with van der Waals surface area (Å²) in [6.45, 7) is 2.54. The van der Waals surface area contributed by atoms with Gasteiger partial charge >= 0.3 is 0 Å². The lowest BCUT2D eigenvalue weighted by atomic mass is 9.79. The molecule has 0 bridgehead atoms. The molecule has 0 aliphatic heterocycles. The van der Waals surface area contributed by atoms with E-state index in [0.717, 1.165) is 63.3 Å². The Labute approximate surface area is 233 Å². The molecule has 5 heteroatoms. The number of hydrogen-bond acceptors (Lipinski definition) is 5. The number of methoxy groups -OCH3 is 1. The number of fused-ring (bicyclic) bond motifs is 1. The Bertz CT molecular complexity index is 1190. The minimum Gasteiger partial charge on any atom is -0.508 e. The van der Waals surface area contributed by atoms with E-state index in [1.54, 1.807) is 7.11 Å². The van der Waals surface area contributed by atoms with E-state index in [0.29, 0.717) is 17.7 Å². The lowest BCUT2D eigenvalue weighted by Crippen LogP contribution is -2.34. The maximum Gasteiger partial charge on any atom is 0.120 e. The van der Waals surface area contributed by atoms with Crippen LogP contribution < -0.4 is 20.1 Å². The number of phenols is 1. The van der Waals surface area contributed by atoms with Crippen molar-refractivity contribution in [3.63, 3.8) is 0 Å². The fourth-order valence-electron chi connectivity index (χ4n) is 6.18. The van der Waals surface area contributed by atoms with Crippen molar-refractivity contribution < 1.29 is 14.6 Å². The Morgan fingerprint density at radius 1 is 0.846 bits per heavy atom. The molecule has 1 saturated carbocycles. The van der Waals surface area contributed by atoms with Crippen molar-refractivity contribution in [2.24, 2.45) is 0 Å². The van der Waals surface area contributed by atoms with E-state index in [2.05, 4.69) is 59.2 Å². The van der Waals surface area contributed by atoms with Crippen molar-refractivity contribution in [2.45, 2.75) is 76.2 Å². The Kier molecular flexibility index (Phi) is 9.66. The fraction of sp³-hybridized carbons (Fsp3) is 0.471. The second-order valence-electron chi connectivity index (χ2n) is 11.2. The van der Waals surface area contributed by atoms with Crippen LogP contribution in [0.4, 0.5) is 5.69 Å². The highest BCUT2D eigenvalue weighted by Crippen LogP contribution is 2.38. The predicted octanol–water partition coefficient (Wildman–Crippen LogP) is 7.02. The molecule has 2 aliphatic rings. The van der Waals surface area contributed by atoms with Gasteiger partial charge in [-0.2, -0.15) is 0 Å². The standard InChI is InChI=1S/C34H44N2O3/c1-38-32-17-18-33(28-12-11-27-23-30(37)14-13-26(27)22-28)34(24-32)36-19-5-6-25-9-15-31(16-10-25)39-21-20-35-29-7-3-2-4-8-29/h9-10,13-18,23-24,28-29,35-37H,2-8,11-12,19-22H2,1H3. The molecule has 3 aromatic rings. The zero-order valence-corrected chi connectivity index (χ0v) is 23.4. The zero-order chi connectivity index (χ0) is 26.9. The largest absolute Gasteiger partial charge is 0.508 e. The highest BCUT2D eigenvalue weighted by atomic mass is 16.5. The molecular formula is C34H44N2O3. The molecular weight excluding hydrogens is 484 g/mol. The number of aromatic hydroxyl groups is 1. The third-order valence-electron chi connectivity index (χ3n) is 8.41. The van der Waals surface area contributed by atoms with Crippen LogP contribution in [0.1, 0.15) is 73.1 Å². The van der Waals surface area contributed by atoms with E-state index in [1.165, 1.54) is 60.0 Å². The van der Waals surface area contributed by atoms with Crippen LogP contribution in [-0.4, -0.2) is 38.0 Å². The molecule has 5 nitrogen and oxygen atoms in total. The number of anilines is 1. The van der Waals surface area contributed by atoms with Crippen LogP contribution in [0.25, 0.3) is 0 Å². The van der Waals surface area contributed by atoms with Crippen LogP contribution in [-0.2, 0) is 19.3 Å². The van der Waals surface area contributed by atoms with Gasteiger partial charge < -0.3 is 25.2 Å². The first kappa shape index (κ1) is 27.4. The predicted molar refractivity (Wildman–Crippen MR) is 159 cm³/mol. The van der Waals surface area contributed by atoms with Gasteiger partial charge in [0.15, 0.2) is 0 Å². The van der Waals surface area contributed by atoms with Crippen molar-refractivity contribution in [1.29, 1.82) is 0 Å². The molecule has 0 heterocycles. The first-order valence-corrected chi connectivity index (χ1v) is 14.9. The minimum absolute atomic E-state index is 0.364. The summed E-state index contributed by atoms with van der Waals surface area (Å²) in [5, 5.41) is 17.2. The van der Waals surface area contributed by atoms with Crippen molar-refractivity contribution in [2.75, 3.05) is 32.1 Å². The third kappa shape index (κ3) is 7.69. The summed E-state index contributed by atoms with van der Waals surface area (Å²) in [6.07, 6.45) is 11.9. The minimum atomic E-state index is 0.364. The summed E-state index contributed by atoms with van der Waals surface area (Å²) < 4.78 is 11.5. The molecule has 39 heavy (non-hydrogen) atoms. The number of aryl methyl sites for hydroxylation is 2. The molecule has 3 aromatic carbocycles. The lowest BCUT2D eigenvalue weighted by molar-refractivity contribution is 0.289. The molecule has 0 amide bonds. The summed E-state index contributed by atoms with van der Waals surface area (Å²) in [5.74, 6) is 2.66. The lowest BCUT2D eigenvalue weighted by Gasteiger charge is -2.27.